The number of hydrogen-bond acceptors (Lipinski definition) is 6. The van der Waals surface area contributed by atoms with E-state index in [9.17, 15) is 23.3 Å². The minimum absolute atomic E-state index is 0.0434. The maximum absolute atomic E-state index is 12.1. The number of carbonyl (C=O) groups excluding carboxylic acids is 1. The molecule has 1 aliphatic heterocycles. The van der Waals surface area contributed by atoms with E-state index >= 15 is 0 Å². The maximum Gasteiger partial charge on any atom is 0.289 e. The Hall–Kier alpha value is -2.04. The lowest BCUT2D eigenvalue weighted by Gasteiger charge is -2.11. The van der Waals surface area contributed by atoms with Crippen LogP contribution in [-0.2, 0) is 14.8 Å². The average molecular weight is 356 g/mol. The maximum atomic E-state index is 12.1. The van der Waals surface area contributed by atoms with Crippen molar-refractivity contribution in [3.8, 4) is 0 Å². The van der Waals surface area contributed by atoms with Crippen molar-refractivity contribution in [2.75, 3.05) is 19.6 Å². The van der Waals surface area contributed by atoms with E-state index in [0.717, 1.165) is 25.5 Å². The van der Waals surface area contributed by atoms with Crippen molar-refractivity contribution in [3.63, 3.8) is 0 Å². The first-order valence-corrected chi connectivity index (χ1v) is 9.11. The second kappa shape index (κ2) is 8.18. The topological polar surface area (TPSA) is 130 Å². The van der Waals surface area contributed by atoms with Gasteiger partial charge in [0.15, 0.2) is 4.90 Å². The molecule has 0 radical (unpaired) electrons. The largest absolute Gasteiger partial charge is 0.355 e. The van der Waals surface area contributed by atoms with Gasteiger partial charge >= 0.3 is 0 Å². The van der Waals surface area contributed by atoms with Crippen molar-refractivity contribution in [2.24, 2.45) is 0 Å². The summed E-state index contributed by atoms with van der Waals surface area (Å²) >= 11 is 0. The van der Waals surface area contributed by atoms with Gasteiger partial charge in [-0.1, -0.05) is 12.1 Å². The molecule has 1 saturated heterocycles. The predicted molar refractivity (Wildman–Crippen MR) is 86.9 cm³/mol. The number of para-hydroxylation sites is 1. The van der Waals surface area contributed by atoms with Crippen LogP contribution in [0.3, 0.4) is 0 Å². The molecule has 1 unspecified atom stereocenters. The quantitative estimate of drug-likeness (QED) is 0.345. The fourth-order valence-electron chi connectivity index (χ4n) is 2.53. The van der Waals surface area contributed by atoms with Gasteiger partial charge in [-0.15, -0.1) is 0 Å². The van der Waals surface area contributed by atoms with E-state index < -0.39 is 25.5 Å². The third-order valence-electron chi connectivity index (χ3n) is 3.68. The lowest BCUT2D eigenvalue weighted by Crippen LogP contribution is -2.37. The molecule has 1 fully saturated rings. The Morgan fingerprint density at radius 2 is 2.08 bits per heavy atom. The van der Waals surface area contributed by atoms with Crippen molar-refractivity contribution in [1.82, 2.24) is 15.4 Å². The molecular weight excluding hydrogens is 336 g/mol. The second-order valence-electron chi connectivity index (χ2n) is 5.47. The van der Waals surface area contributed by atoms with Gasteiger partial charge in [0.05, 0.1) is 4.92 Å². The Morgan fingerprint density at radius 1 is 1.33 bits per heavy atom. The van der Waals surface area contributed by atoms with Crippen LogP contribution in [0, 0.1) is 10.1 Å². The number of nitro benzene ring substituents is 1. The van der Waals surface area contributed by atoms with E-state index in [4.69, 9.17) is 0 Å². The fourth-order valence-corrected chi connectivity index (χ4v) is 3.73. The molecule has 1 heterocycles. The number of nitrogens with zero attached hydrogens (tertiary/aromatic N) is 1. The van der Waals surface area contributed by atoms with Gasteiger partial charge in [-0.2, -0.15) is 0 Å². The molecule has 1 aromatic rings. The highest BCUT2D eigenvalue weighted by Gasteiger charge is 2.24. The van der Waals surface area contributed by atoms with Crippen LogP contribution in [0.1, 0.15) is 19.3 Å². The number of amides is 1. The molecule has 0 aromatic heterocycles. The normalized spacial score (nSPS) is 17.6. The summed E-state index contributed by atoms with van der Waals surface area (Å²) in [7, 11) is -4.01. The number of nitro groups is 1. The van der Waals surface area contributed by atoms with Crippen molar-refractivity contribution in [2.45, 2.75) is 30.2 Å². The zero-order valence-electron chi connectivity index (χ0n) is 13.0. The third-order valence-corrected chi connectivity index (χ3v) is 5.19. The molecular formula is C14H20N4O5S. The standard InChI is InChI=1S/C14H20N4O5S/c19-14(10-11-4-3-7-15-11)16-8-9-17-24(22,23)13-6-2-1-5-12(13)18(20)21/h1-2,5-6,11,15,17H,3-4,7-10H2,(H,16,19). The molecule has 24 heavy (non-hydrogen) atoms. The van der Waals surface area contributed by atoms with Gasteiger partial charge in [0.2, 0.25) is 15.9 Å². The van der Waals surface area contributed by atoms with Crippen LogP contribution in [0.4, 0.5) is 5.69 Å². The third kappa shape index (κ3) is 4.98. The van der Waals surface area contributed by atoms with Gasteiger partial charge in [-0.05, 0) is 25.5 Å². The summed E-state index contributed by atoms with van der Waals surface area (Å²) in [6.07, 6.45) is 2.36. The first-order chi connectivity index (χ1) is 11.4. The molecule has 132 valence electrons. The van der Waals surface area contributed by atoms with Gasteiger partial charge in [-0.3, -0.25) is 14.9 Å². The zero-order valence-corrected chi connectivity index (χ0v) is 13.8. The molecule has 0 saturated carbocycles. The Morgan fingerprint density at radius 3 is 2.75 bits per heavy atom. The number of rotatable bonds is 8. The van der Waals surface area contributed by atoms with E-state index in [1.165, 1.54) is 18.2 Å². The van der Waals surface area contributed by atoms with E-state index in [-0.39, 0.29) is 25.0 Å². The smallest absolute Gasteiger partial charge is 0.289 e. The van der Waals surface area contributed by atoms with Crippen LogP contribution in [0.15, 0.2) is 29.2 Å². The molecule has 9 nitrogen and oxygen atoms in total. The zero-order chi connectivity index (χ0) is 17.6. The molecule has 3 N–H and O–H groups in total. The van der Waals surface area contributed by atoms with Crippen LogP contribution >= 0.6 is 0 Å². The lowest BCUT2D eigenvalue weighted by molar-refractivity contribution is -0.387. The summed E-state index contributed by atoms with van der Waals surface area (Å²) in [4.78, 5) is 21.5. The Bertz CT molecular complexity index is 701. The summed E-state index contributed by atoms with van der Waals surface area (Å²) in [5, 5.41) is 16.7. The summed E-state index contributed by atoms with van der Waals surface area (Å²) < 4.78 is 26.5. The van der Waals surface area contributed by atoms with Gasteiger partial charge in [-0.25, -0.2) is 13.1 Å². The number of sulfonamides is 1. The van der Waals surface area contributed by atoms with Crippen molar-refractivity contribution < 1.29 is 18.1 Å². The van der Waals surface area contributed by atoms with E-state index in [2.05, 4.69) is 15.4 Å². The van der Waals surface area contributed by atoms with Crippen LogP contribution in [0.2, 0.25) is 0 Å². The average Bonchev–Trinajstić information content (AvgIpc) is 3.04. The SMILES string of the molecule is O=C(CC1CCCN1)NCCNS(=O)(=O)c1ccccc1[N+](=O)[O-]. The van der Waals surface area contributed by atoms with E-state index in [0.29, 0.717) is 6.42 Å². The highest BCUT2D eigenvalue weighted by molar-refractivity contribution is 7.89. The minimum Gasteiger partial charge on any atom is -0.355 e. The van der Waals surface area contributed by atoms with Crippen LogP contribution in [0.25, 0.3) is 0 Å². The van der Waals surface area contributed by atoms with Crippen molar-refractivity contribution in [1.29, 1.82) is 0 Å². The fraction of sp³-hybridized carbons (Fsp3) is 0.500. The monoisotopic (exact) mass is 356 g/mol. The number of hydrogen-bond donors (Lipinski definition) is 3. The van der Waals surface area contributed by atoms with Crippen LogP contribution in [0.5, 0.6) is 0 Å². The minimum atomic E-state index is -4.01. The molecule has 2 rings (SSSR count). The summed E-state index contributed by atoms with van der Waals surface area (Å²) in [6.45, 7) is 0.983. The van der Waals surface area contributed by atoms with Gasteiger partial charge < -0.3 is 10.6 Å². The molecule has 1 atom stereocenters. The predicted octanol–water partition coefficient (Wildman–Crippen LogP) is 0.131. The Kier molecular flexibility index (Phi) is 6.23. The Labute approximate surface area is 140 Å². The molecule has 0 spiro atoms. The van der Waals surface area contributed by atoms with Crippen molar-refractivity contribution in [3.05, 3.63) is 34.4 Å². The molecule has 1 amide bonds. The van der Waals surface area contributed by atoms with Crippen LogP contribution < -0.4 is 15.4 Å². The lowest BCUT2D eigenvalue weighted by atomic mass is 10.1. The Balaban J connectivity index is 1.83. The van der Waals surface area contributed by atoms with Gasteiger partial charge in [0, 0.05) is 31.6 Å². The molecule has 0 aliphatic carbocycles. The van der Waals surface area contributed by atoms with E-state index in [1.54, 1.807) is 0 Å². The highest BCUT2D eigenvalue weighted by atomic mass is 32.2. The number of carbonyl (C=O) groups is 1. The van der Waals surface area contributed by atoms with Gasteiger partial charge in [0.1, 0.15) is 0 Å². The van der Waals surface area contributed by atoms with Gasteiger partial charge in [0.25, 0.3) is 5.69 Å². The summed E-state index contributed by atoms with van der Waals surface area (Å²) in [6, 6.07) is 5.29. The molecule has 0 bridgehead atoms. The molecule has 10 heteroatoms. The summed E-state index contributed by atoms with van der Waals surface area (Å²) in [5.74, 6) is -0.153. The highest BCUT2D eigenvalue weighted by Crippen LogP contribution is 2.22. The first kappa shape index (κ1) is 18.3. The number of benzene rings is 1. The van der Waals surface area contributed by atoms with Crippen LogP contribution in [-0.4, -0.2) is 44.9 Å². The second-order valence-corrected chi connectivity index (χ2v) is 7.21. The number of nitrogens with one attached hydrogen (secondary N) is 3. The van der Waals surface area contributed by atoms with Crippen molar-refractivity contribution >= 4 is 21.6 Å². The molecule has 1 aromatic carbocycles. The first-order valence-electron chi connectivity index (χ1n) is 7.63. The van der Waals surface area contributed by atoms with E-state index in [1.807, 2.05) is 0 Å². The summed E-state index contributed by atoms with van der Waals surface area (Å²) in [5.41, 5.74) is -0.485. The molecule has 1 aliphatic rings.